The third kappa shape index (κ3) is 3.56. The molecule has 112 valence electrons. The van der Waals surface area contributed by atoms with Crippen molar-refractivity contribution in [2.24, 2.45) is 11.8 Å². The summed E-state index contributed by atoms with van der Waals surface area (Å²) >= 11 is 0. The molecule has 2 unspecified atom stereocenters. The van der Waals surface area contributed by atoms with Crippen LogP contribution < -0.4 is 0 Å². The molecule has 0 N–H and O–H groups in total. The predicted octanol–water partition coefficient (Wildman–Crippen LogP) is 1.65. The second-order valence-electron chi connectivity index (χ2n) is 5.51. The van der Waals surface area contributed by atoms with E-state index < -0.39 is 0 Å². The van der Waals surface area contributed by atoms with E-state index in [1.54, 1.807) is 0 Å². The summed E-state index contributed by atoms with van der Waals surface area (Å²) in [7, 11) is 1.44. The maximum absolute atomic E-state index is 11.6. The molecule has 0 aliphatic carbocycles. The third-order valence-electron chi connectivity index (χ3n) is 3.81. The van der Waals surface area contributed by atoms with E-state index in [1.165, 1.54) is 7.11 Å². The van der Waals surface area contributed by atoms with Crippen LogP contribution in [-0.2, 0) is 22.5 Å². The van der Waals surface area contributed by atoms with Crippen LogP contribution in [0.25, 0.3) is 0 Å². The summed E-state index contributed by atoms with van der Waals surface area (Å²) in [5.41, 5.74) is 0. The van der Waals surface area contributed by atoms with Gasteiger partial charge in [0.2, 0.25) is 5.89 Å². The molecule has 2 atom stereocenters. The number of nitrogens with zero attached hydrogens (tertiary/aromatic N) is 3. The van der Waals surface area contributed by atoms with E-state index in [2.05, 4.69) is 28.9 Å². The average Bonchev–Trinajstić information content (AvgIpc) is 3.03. The summed E-state index contributed by atoms with van der Waals surface area (Å²) in [6.45, 7) is 6.37. The predicted molar refractivity (Wildman–Crippen MR) is 72.9 cm³/mol. The highest BCUT2D eigenvalue weighted by atomic mass is 16.5. The molecule has 1 aromatic rings. The third-order valence-corrected chi connectivity index (χ3v) is 3.81. The fourth-order valence-corrected chi connectivity index (χ4v) is 2.64. The molecular weight excluding hydrogens is 258 g/mol. The molecule has 2 heterocycles. The number of aromatic nitrogens is 2. The van der Waals surface area contributed by atoms with Gasteiger partial charge in [0.05, 0.1) is 19.6 Å². The number of carbonyl (C=O) groups excluding carboxylic acids is 1. The van der Waals surface area contributed by atoms with Gasteiger partial charge in [-0.05, 0) is 12.3 Å². The quantitative estimate of drug-likeness (QED) is 0.739. The molecule has 20 heavy (non-hydrogen) atoms. The van der Waals surface area contributed by atoms with Crippen molar-refractivity contribution < 1.29 is 14.1 Å². The van der Waals surface area contributed by atoms with Gasteiger partial charge in [-0.1, -0.05) is 25.4 Å². The lowest BCUT2D eigenvalue weighted by molar-refractivity contribution is -0.146. The lowest BCUT2D eigenvalue weighted by Crippen LogP contribution is -2.24. The Kier molecular flexibility index (Phi) is 5.11. The summed E-state index contributed by atoms with van der Waals surface area (Å²) < 4.78 is 10.1. The van der Waals surface area contributed by atoms with Gasteiger partial charge in [0.15, 0.2) is 5.82 Å². The number of rotatable bonds is 6. The van der Waals surface area contributed by atoms with Crippen LogP contribution in [0.5, 0.6) is 0 Å². The number of methoxy groups -OCH3 is 1. The summed E-state index contributed by atoms with van der Waals surface area (Å²) in [6.07, 6.45) is 3.06. The molecule has 1 aliphatic heterocycles. The maximum Gasteiger partial charge on any atom is 0.310 e. The van der Waals surface area contributed by atoms with Gasteiger partial charge in [-0.15, -0.1) is 0 Å². The number of hydrogen-bond donors (Lipinski definition) is 0. The van der Waals surface area contributed by atoms with Crippen LogP contribution in [-0.4, -0.2) is 41.2 Å². The van der Waals surface area contributed by atoms with E-state index in [0.29, 0.717) is 24.9 Å². The minimum Gasteiger partial charge on any atom is -0.469 e. The van der Waals surface area contributed by atoms with Crippen LogP contribution in [0.1, 0.15) is 38.4 Å². The van der Waals surface area contributed by atoms with Crippen LogP contribution >= 0.6 is 0 Å². The number of hydrogen-bond acceptors (Lipinski definition) is 6. The zero-order valence-corrected chi connectivity index (χ0v) is 12.5. The van der Waals surface area contributed by atoms with Crippen molar-refractivity contribution in [3.63, 3.8) is 0 Å². The fourth-order valence-electron chi connectivity index (χ4n) is 2.64. The molecule has 2 rings (SSSR count). The van der Waals surface area contributed by atoms with Crippen LogP contribution in [0.2, 0.25) is 0 Å². The highest BCUT2D eigenvalue weighted by Gasteiger charge is 2.36. The summed E-state index contributed by atoms with van der Waals surface area (Å²) in [5, 5.41) is 3.98. The number of unbranched alkanes of at least 4 members (excludes halogenated alkanes) is 1. The molecule has 6 heteroatoms. The fraction of sp³-hybridized carbons (Fsp3) is 0.786. The molecule has 0 aromatic carbocycles. The van der Waals surface area contributed by atoms with Crippen molar-refractivity contribution in [2.45, 2.75) is 39.7 Å². The molecule has 1 fully saturated rings. The zero-order chi connectivity index (χ0) is 14.5. The van der Waals surface area contributed by atoms with E-state index in [9.17, 15) is 4.79 Å². The summed E-state index contributed by atoms with van der Waals surface area (Å²) in [5.74, 6) is 1.52. The second kappa shape index (κ2) is 6.83. The number of ether oxygens (including phenoxy) is 1. The van der Waals surface area contributed by atoms with Gasteiger partial charge in [0.1, 0.15) is 0 Å². The Morgan fingerprint density at radius 1 is 1.50 bits per heavy atom. The number of aryl methyl sites for hydroxylation is 1. The minimum absolute atomic E-state index is 0.0533. The van der Waals surface area contributed by atoms with Crippen molar-refractivity contribution in [3.05, 3.63) is 11.7 Å². The van der Waals surface area contributed by atoms with Gasteiger partial charge in [-0.25, -0.2) is 0 Å². The molecule has 0 bridgehead atoms. The number of likely N-dealkylation sites (tertiary alicyclic amines) is 1. The van der Waals surface area contributed by atoms with Crippen molar-refractivity contribution in [2.75, 3.05) is 20.2 Å². The highest BCUT2D eigenvalue weighted by Crippen LogP contribution is 2.25. The Hall–Kier alpha value is -1.43. The average molecular weight is 281 g/mol. The topological polar surface area (TPSA) is 68.5 Å². The SMILES string of the molecule is CCCCc1noc(CN2CC(C)C(C(=O)OC)C2)n1. The zero-order valence-electron chi connectivity index (χ0n) is 12.5. The van der Waals surface area contributed by atoms with Crippen LogP contribution in [0, 0.1) is 11.8 Å². The van der Waals surface area contributed by atoms with Gasteiger partial charge in [0.25, 0.3) is 0 Å². The molecule has 1 aliphatic rings. The van der Waals surface area contributed by atoms with Gasteiger partial charge < -0.3 is 9.26 Å². The van der Waals surface area contributed by atoms with Gasteiger partial charge in [0, 0.05) is 19.5 Å². The van der Waals surface area contributed by atoms with E-state index in [1.807, 2.05) is 0 Å². The second-order valence-corrected chi connectivity index (χ2v) is 5.51. The van der Waals surface area contributed by atoms with Gasteiger partial charge in [-0.2, -0.15) is 4.98 Å². The molecule has 0 saturated carbocycles. The Labute approximate surface area is 119 Å². The van der Waals surface area contributed by atoms with Crippen molar-refractivity contribution in [3.8, 4) is 0 Å². The van der Waals surface area contributed by atoms with Crippen LogP contribution in [0.4, 0.5) is 0 Å². The van der Waals surface area contributed by atoms with E-state index in [-0.39, 0.29) is 11.9 Å². The molecule has 0 amide bonds. The van der Waals surface area contributed by atoms with Crippen molar-refractivity contribution in [1.29, 1.82) is 0 Å². The first-order chi connectivity index (χ1) is 9.63. The summed E-state index contributed by atoms with van der Waals surface area (Å²) in [6, 6.07) is 0. The number of carbonyl (C=O) groups is 1. The molecule has 0 radical (unpaired) electrons. The van der Waals surface area contributed by atoms with Gasteiger partial charge >= 0.3 is 5.97 Å². The monoisotopic (exact) mass is 281 g/mol. The van der Waals surface area contributed by atoms with E-state index in [0.717, 1.165) is 31.6 Å². The number of esters is 1. The highest BCUT2D eigenvalue weighted by molar-refractivity contribution is 5.73. The lowest BCUT2D eigenvalue weighted by atomic mass is 9.99. The molecule has 6 nitrogen and oxygen atoms in total. The first kappa shape index (κ1) is 15.0. The molecule has 1 saturated heterocycles. The normalized spacial score (nSPS) is 23.1. The Morgan fingerprint density at radius 3 is 3.00 bits per heavy atom. The van der Waals surface area contributed by atoms with Crippen molar-refractivity contribution >= 4 is 5.97 Å². The summed E-state index contributed by atoms with van der Waals surface area (Å²) in [4.78, 5) is 18.2. The maximum atomic E-state index is 11.6. The lowest BCUT2D eigenvalue weighted by Gasteiger charge is -2.12. The first-order valence-electron chi connectivity index (χ1n) is 7.25. The van der Waals surface area contributed by atoms with E-state index in [4.69, 9.17) is 9.26 Å². The molecule has 0 spiro atoms. The van der Waals surface area contributed by atoms with Crippen LogP contribution in [0.3, 0.4) is 0 Å². The van der Waals surface area contributed by atoms with Crippen LogP contribution in [0.15, 0.2) is 4.52 Å². The Morgan fingerprint density at radius 2 is 2.30 bits per heavy atom. The van der Waals surface area contributed by atoms with Crippen molar-refractivity contribution in [1.82, 2.24) is 15.0 Å². The Bertz CT molecular complexity index is 447. The largest absolute Gasteiger partial charge is 0.469 e. The Balaban J connectivity index is 1.88. The molecular formula is C14H23N3O3. The minimum atomic E-state index is -0.130. The smallest absolute Gasteiger partial charge is 0.310 e. The standard InChI is InChI=1S/C14H23N3O3/c1-4-5-6-12-15-13(20-16-12)9-17-7-10(2)11(8-17)14(18)19-3/h10-11H,4-9H2,1-3H3. The van der Waals surface area contributed by atoms with Gasteiger partial charge in [-0.3, -0.25) is 9.69 Å². The van der Waals surface area contributed by atoms with E-state index >= 15 is 0 Å². The first-order valence-corrected chi connectivity index (χ1v) is 7.25. The molecule has 1 aromatic heterocycles.